The van der Waals surface area contributed by atoms with Crippen LogP contribution in [0.15, 0.2) is 84.9 Å². The van der Waals surface area contributed by atoms with Gasteiger partial charge in [0.1, 0.15) is 24.7 Å². The molecule has 0 atom stereocenters. The van der Waals surface area contributed by atoms with Gasteiger partial charge in [-0.2, -0.15) is 0 Å². The Morgan fingerprint density at radius 3 is 1.95 bits per heavy atom. The topological polar surface area (TPSA) is 18.5 Å². The average molecular weight is 290 g/mol. The van der Waals surface area contributed by atoms with Crippen molar-refractivity contribution in [2.75, 3.05) is 0 Å². The minimum atomic E-state index is 0.495. The lowest BCUT2D eigenvalue weighted by Crippen LogP contribution is -2.01. The third-order valence-corrected chi connectivity index (χ3v) is 3.35. The fourth-order valence-corrected chi connectivity index (χ4v) is 2.18. The summed E-state index contributed by atoms with van der Waals surface area (Å²) in [6, 6.07) is 28.0. The van der Waals surface area contributed by atoms with Gasteiger partial charge in [0.15, 0.2) is 0 Å². The van der Waals surface area contributed by atoms with Crippen LogP contribution in [0.5, 0.6) is 11.5 Å². The van der Waals surface area contributed by atoms with Gasteiger partial charge in [-0.1, -0.05) is 66.7 Å². The number of para-hydroxylation sites is 2. The molecule has 0 radical (unpaired) electrons. The monoisotopic (exact) mass is 290 g/mol. The molecule has 22 heavy (non-hydrogen) atoms. The third kappa shape index (κ3) is 3.89. The second-order valence-corrected chi connectivity index (χ2v) is 4.98. The van der Waals surface area contributed by atoms with E-state index >= 15 is 0 Å². The normalized spacial score (nSPS) is 10.2. The zero-order valence-corrected chi connectivity index (χ0v) is 12.3. The van der Waals surface area contributed by atoms with Gasteiger partial charge >= 0.3 is 0 Å². The van der Waals surface area contributed by atoms with E-state index in [1.807, 2.05) is 72.8 Å². The number of benzene rings is 3. The Kier molecular flexibility index (Phi) is 4.73. The Morgan fingerprint density at radius 1 is 0.545 bits per heavy atom. The van der Waals surface area contributed by atoms with Crippen LogP contribution >= 0.6 is 0 Å². The van der Waals surface area contributed by atoms with Gasteiger partial charge in [0.25, 0.3) is 0 Å². The highest BCUT2D eigenvalue weighted by atomic mass is 16.5. The largest absolute Gasteiger partial charge is 0.489 e. The molecule has 0 bridgehead atoms. The number of hydrogen-bond acceptors (Lipinski definition) is 2. The smallest absolute Gasteiger partial charge is 0.126 e. The van der Waals surface area contributed by atoms with Crippen LogP contribution < -0.4 is 9.47 Å². The molecule has 0 fully saturated rings. The number of ether oxygens (including phenoxy) is 2. The van der Waals surface area contributed by atoms with E-state index < -0.39 is 0 Å². The summed E-state index contributed by atoms with van der Waals surface area (Å²) in [6.07, 6.45) is 0. The van der Waals surface area contributed by atoms with Crippen LogP contribution in [0, 0.1) is 0 Å². The zero-order chi connectivity index (χ0) is 15.0. The van der Waals surface area contributed by atoms with Crippen molar-refractivity contribution in [1.82, 2.24) is 0 Å². The summed E-state index contributed by atoms with van der Waals surface area (Å²) in [5, 5.41) is 0. The summed E-state index contributed by atoms with van der Waals surface area (Å²) < 4.78 is 11.7. The first kappa shape index (κ1) is 14.2. The maximum absolute atomic E-state index is 5.93. The quantitative estimate of drug-likeness (QED) is 0.646. The van der Waals surface area contributed by atoms with Gasteiger partial charge in [-0.3, -0.25) is 0 Å². The molecule has 0 aliphatic rings. The summed E-state index contributed by atoms with van der Waals surface area (Å²) in [5.74, 6) is 1.72. The van der Waals surface area contributed by atoms with E-state index in [4.69, 9.17) is 9.47 Å². The average Bonchev–Trinajstić information content (AvgIpc) is 2.61. The molecule has 0 heterocycles. The van der Waals surface area contributed by atoms with Gasteiger partial charge in [-0.15, -0.1) is 0 Å². The first-order chi connectivity index (χ1) is 10.9. The number of hydrogen-bond donors (Lipinski definition) is 0. The molecule has 0 N–H and O–H groups in total. The first-order valence-corrected chi connectivity index (χ1v) is 7.34. The Balaban J connectivity index is 1.65. The lowest BCUT2D eigenvalue weighted by Gasteiger charge is -2.12. The molecule has 3 aromatic rings. The van der Waals surface area contributed by atoms with Crippen LogP contribution in [0.1, 0.15) is 11.1 Å². The Bertz CT molecular complexity index is 631. The van der Waals surface area contributed by atoms with Crippen LogP contribution in [-0.2, 0) is 13.2 Å². The van der Waals surface area contributed by atoms with Crippen molar-refractivity contribution in [3.63, 3.8) is 0 Å². The van der Waals surface area contributed by atoms with Crippen LogP contribution in [0.3, 0.4) is 0 Å². The van der Waals surface area contributed by atoms with Crippen molar-refractivity contribution in [3.8, 4) is 11.5 Å². The van der Waals surface area contributed by atoms with Crippen molar-refractivity contribution >= 4 is 0 Å². The summed E-state index contributed by atoms with van der Waals surface area (Å²) in [6.45, 7) is 1.05. The lowest BCUT2D eigenvalue weighted by atomic mass is 10.2. The van der Waals surface area contributed by atoms with Gasteiger partial charge in [0.05, 0.1) is 0 Å². The van der Waals surface area contributed by atoms with E-state index in [2.05, 4.69) is 12.1 Å². The standard InChI is InChI=1S/C20H18O2/c1-3-9-17(10-4-1)15-22-20-14-8-7-11-18(20)16-21-19-12-5-2-6-13-19/h1-14H,15-16H2. The van der Waals surface area contributed by atoms with Crippen molar-refractivity contribution in [2.24, 2.45) is 0 Å². The Hall–Kier alpha value is -2.74. The molecular weight excluding hydrogens is 272 g/mol. The highest BCUT2D eigenvalue weighted by molar-refractivity contribution is 5.34. The number of rotatable bonds is 6. The predicted octanol–water partition coefficient (Wildman–Crippen LogP) is 4.84. The Morgan fingerprint density at radius 2 is 1.18 bits per heavy atom. The minimum absolute atomic E-state index is 0.495. The van der Waals surface area contributed by atoms with Crippen molar-refractivity contribution in [1.29, 1.82) is 0 Å². The van der Waals surface area contributed by atoms with E-state index in [0.29, 0.717) is 13.2 Å². The van der Waals surface area contributed by atoms with E-state index in [1.165, 1.54) is 0 Å². The second kappa shape index (κ2) is 7.32. The van der Waals surface area contributed by atoms with E-state index in [1.54, 1.807) is 0 Å². The molecule has 0 aromatic heterocycles. The van der Waals surface area contributed by atoms with E-state index in [0.717, 1.165) is 22.6 Å². The molecule has 0 unspecified atom stereocenters. The third-order valence-electron chi connectivity index (χ3n) is 3.35. The van der Waals surface area contributed by atoms with Crippen LogP contribution in [-0.4, -0.2) is 0 Å². The maximum Gasteiger partial charge on any atom is 0.126 e. The molecule has 3 rings (SSSR count). The van der Waals surface area contributed by atoms with Gasteiger partial charge in [-0.05, 0) is 23.8 Å². The fourth-order valence-electron chi connectivity index (χ4n) is 2.18. The van der Waals surface area contributed by atoms with Gasteiger partial charge in [0.2, 0.25) is 0 Å². The molecular formula is C20H18O2. The van der Waals surface area contributed by atoms with Gasteiger partial charge < -0.3 is 9.47 Å². The first-order valence-electron chi connectivity index (χ1n) is 7.34. The molecule has 0 saturated carbocycles. The predicted molar refractivity (Wildman–Crippen MR) is 88.0 cm³/mol. The van der Waals surface area contributed by atoms with Crippen LogP contribution in [0.2, 0.25) is 0 Å². The molecule has 0 aliphatic carbocycles. The van der Waals surface area contributed by atoms with E-state index in [9.17, 15) is 0 Å². The SMILES string of the molecule is c1ccc(COc2ccccc2COc2ccccc2)cc1. The molecule has 110 valence electrons. The summed E-state index contributed by atoms with van der Waals surface area (Å²) in [4.78, 5) is 0. The summed E-state index contributed by atoms with van der Waals surface area (Å²) in [7, 11) is 0. The maximum atomic E-state index is 5.93. The molecule has 0 saturated heterocycles. The van der Waals surface area contributed by atoms with Crippen LogP contribution in [0.4, 0.5) is 0 Å². The van der Waals surface area contributed by atoms with Crippen LogP contribution in [0.25, 0.3) is 0 Å². The zero-order valence-electron chi connectivity index (χ0n) is 12.3. The van der Waals surface area contributed by atoms with Gasteiger partial charge in [-0.25, -0.2) is 0 Å². The fraction of sp³-hybridized carbons (Fsp3) is 0.100. The minimum Gasteiger partial charge on any atom is -0.489 e. The molecule has 2 heteroatoms. The highest BCUT2D eigenvalue weighted by Crippen LogP contribution is 2.21. The van der Waals surface area contributed by atoms with Crippen molar-refractivity contribution < 1.29 is 9.47 Å². The molecule has 3 aromatic carbocycles. The highest BCUT2D eigenvalue weighted by Gasteiger charge is 2.04. The second-order valence-electron chi connectivity index (χ2n) is 4.98. The molecule has 0 aliphatic heterocycles. The van der Waals surface area contributed by atoms with Crippen molar-refractivity contribution in [3.05, 3.63) is 96.1 Å². The molecule has 0 spiro atoms. The Labute approximate surface area is 131 Å². The lowest BCUT2D eigenvalue weighted by molar-refractivity contribution is 0.273. The molecule has 0 amide bonds. The van der Waals surface area contributed by atoms with Crippen molar-refractivity contribution in [2.45, 2.75) is 13.2 Å². The van der Waals surface area contributed by atoms with E-state index in [-0.39, 0.29) is 0 Å². The molecule has 2 nitrogen and oxygen atoms in total. The summed E-state index contributed by atoms with van der Waals surface area (Å²) in [5.41, 5.74) is 2.20. The summed E-state index contributed by atoms with van der Waals surface area (Å²) >= 11 is 0. The van der Waals surface area contributed by atoms with Gasteiger partial charge in [0, 0.05) is 5.56 Å².